The van der Waals surface area contributed by atoms with E-state index in [1.54, 1.807) is 13.0 Å². The molecule has 0 spiro atoms. The summed E-state index contributed by atoms with van der Waals surface area (Å²) < 4.78 is 0. The van der Waals surface area contributed by atoms with Crippen molar-refractivity contribution in [3.05, 3.63) is 59.2 Å². The van der Waals surface area contributed by atoms with Gasteiger partial charge in [-0.05, 0) is 44.7 Å². The largest absolute Gasteiger partial charge is 0.396 e. The van der Waals surface area contributed by atoms with Crippen LogP contribution in [0.4, 0.5) is 0 Å². The molecule has 25 heavy (non-hydrogen) atoms. The Balaban J connectivity index is 1.68. The van der Waals surface area contributed by atoms with Crippen LogP contribution in [0.5, 0.6) is 0 Å². The first-order valence-corrected chi connectivity index (χ1v) is 8.78. The second-order valence-electron chi connectivity index (χ2n) is 7.05. The van der Waals surface area contributed by atoms with Crippen LogP contribution < -0.4 is 0 Å². The predicted octanol–water partition coefficient (Wildman–Crippen LogP) is 2.55. The zero-order valence-corrected chi connectivity index (χ0v) is 14.9. The third kappa shape index (κ3) is 4.04. The fourth-order valence-corrected chi connectivity index (χ4v) is 3.59. The first kappa shape index (κ1) is 17.5. The van der Waals surface area contributed by atoms with Gasteiger partial charge in [-0.1, -0.05) is 30.3 Å². The summed E-state index contributed by atoms with van der Waals surface area (Å²) in [6.45, 7) is 5.12. The number of amides is 1. The molecule has 0 unspecified atom stereocenters. The Bertz CT molecular complexity index is 718. The molecule has 132 valence electrons. The molecule has 1 fully saturated rings. The van der Waals surface area contributed by atoms with Gasteiger partial charge >= 0.3 is 0 Å². The number of aryl methyl sites for hydroxylation is 2. The van der Waals surface area contributed by atoms with Crippen LogP contribution in [0.25, 0.3) is 0 Å². The summed E-state index contributed by atoms with van der Waals surface area (Å²) in [5.41, 5.74) is 2.36. The fraction of sp³-hybridized carbons (Fsp3) is 0.450. The van der Waals surface area contributed by atoms with Gasteiger partial charge in [0.2, 0.25) is 0 Å². The molecule has 1 saturated heterocycles. The number of hydrogen-bond acceptors (Lipinski definition) is 4. The second kappa shape index (κ2) is 7.31. The molecule has 1 amide bonds. The van der Waals surface area contributed by atoms with Gasteiger partial charge in [-0.15, -0.1) is 0 Å². The predicted molar refractivity (Wildman–Crippen MR) is 96.3 cm³/mol. The third-order valence-electron chi connectivity index (χ3n) is 5.05. The Morgan fingerprint density at radius 1 is 1.16 bits per heavy atom. The fourth-order valence-electron chi connectivity index (χ4n) is 3.59. The highest BCUT2D eigenvalue weighted by atomic mass is 16.3. The van der Waals surface area contributed by atoms with E-state index in [1.807, 2.05) is 30.0 Å². The number of aliphatic hydroxyl groups is 1. The third-order valence-corrected chi connectivity index (χ3v) is 5.05. The lowest BCUT2D eigenvalue weighted by Crippen LogP contribution is -2.45. The zero-order valence-electron chi connectivity index (χ0n) is 14.9. The molecule has 5 nitrogen and oxygen atoms in total. The van der Waals surface area contributed by atoms with Gasteiger partial charge in [0.05, 0.1) is 0 Å². The van der Waals surface area contributed by atoms with E-state index in [-0.39, 0.29) is 17.9 Å². The number of likely N-dealkylation sites (tertiary alicyclic amines) is 1. The highest BCUT2D eigenvalue weighted by molar-refractivity contribution is 5.92. The monoisotopic (exact) mass is 339 g/mol. The van der Waals surface area contributed by atoms with E-state index in [2.05, 4.69) is 22.1 Å². The van der Waals surface area contributed by atoms with Crippen molar-refractivity contribution in [2.24, 2.45) is 5.41 Å². The Morgan fingerprint density at radius 2 is 1.84 bits per heavy atom. The first-order chi connectivity index (χ1) is 12.0. The molecule has 2 heterocycles. The van der Waals surface area contributed by atoms with Crippen LogP contribution in [0.15, 0.2) is 36.4 Å². The lowest BCUT2D eigenvalue weighted by atomic mass is 9.74. The SMILES string of the molecule is Cc1cc(C(=O)N2CCC(CO)(Cc3ccccc3)CC2)nc(C)n1. The Labute approximate surface area is 148 Å². The molecule has 0 radical (unpaired) electrons. The van der Waals surface area contributed by atoms with Crippen LogP contribution in [0.1, 0.15) is 40.4 Å². The number of aliphatic hydroxyl groups excluding tert-OH is 1. The van der Waals surface area contributed by atoms with Crippen LogP contribution in [0, 0.1) is 19.3 Å². The van der Waals surface area contributed by atoms with E-state index in [4.69, 9.17) is 0 Å². The molecule has 5 heteroatoms. The van der Waals surface area contributed by atoms with Crippen LogP contribution in [-0.4, -0.2) is 45.6 Å². The van der Waals surface area contributed by atoms with Crippen molar-refractivity contribution in [2.75, 3.05) is 19.7 Å². The van der Waals surface area contributed by atoms with Gasteiger partial charge in [-0.3, -0.25) is 4.79 Å². The van der Waals surface area contributed by atoms with Gasteiger partial charge in [-0.2, -0.15) is 0 Å². The van der Waals surface area contributed by atoms with Gasteiger partial charge in [0.25, 0.3) is 5.91 Å². The van der Waals surface area contributed by atoms with Crippen LogP contribution in [-0.2, 0) is 6.42 Å². The lowest BCUT2D eigenvalue weighted by Gasteiger charge is -2.41. The van der Waals surface area contributed by atoms with E-state index in [1.165, 1.54) is 5.56 Å². The highest BCUT2D eigenvalue weighted by Gasteiger charge is 2.36. The summed E-state index contributed by atoms with van der Waals surface area (Å²) in [5.74, 6) is 0.578. The van der Waals surface area contributed by atoms with Crippen molar-refractivity contribution in [3.8, 4) is 0 Å². The minimum absolute atomic E-state index is 0.0418. The van der Waals surface area contributed by atoms with Crippen LogP contribution >= 0.6 is 0 Å². The number of rotatable bonds is 4. The first-order valence-electron chi connectivity index (χ1n) is 8.78. The molecule has 1 aromatic carbocycles. The molecule has 3 rings (SSSR count). The molecule has 0 aliphatic carbocycles. The topological polar surface area (TPSA) is 66.3 Å². The van der Waals surface area contributed by atoms with E-state index >= 15 is 0 Å². The number of nitrogens with zero attached hydrogens (tertiary/aromatic N) is 3. The Hall–Kier alpha value is -2.27. The minimum Gasteiger partial charge on any atom is -0.396 e. The summed E-state index contributed by atoms with van der Waals surface area (Å²) in [6.07, 6.45) is 2.44. The van der Waals surface area contributed by atoms with Crippen molar-refractivity contribution < 1.29 is 9.90 Å². The van der Waals surface area contributed by atoms with Gasteiger partial charge < -0.3 is 10.0 Å². The van der Waals surface area contributed by atoms with E-state index < -0.39 is 0 Å². The molecule has 2 aromatic rings. The van der Waals surface area contributed by atoms with Crippen molar-refractivity contribution in [1.29, 1.82) is 0 Å². The summed E-state index contributed by atoms with van der Waals surface area (Å²) in [4.78, 5) is 23.1. The van der Waals surface area contributed by atoms with Crippen molar-refractivity contribution in [1.82, 2.24) is 14.9 Å². The molecule has 0 atom stereocenters. The number of carbonyl (C=O) groups is 1. The maximum Gasteiger partial charge on any atom is 0.272 e. The Kier molecular flexibility index (Phi) is 5.13. The number of hydrogen-bond donors (Lipinski definition) is 1. The lowest BCUT2D eigenvalue weighted by molar-refractivity contribution is 0.0354. The van der Waals surface area contributed by atoms with Gasteiger partial charge in [0, 0.05) is 30.8 Å². The summed E-state index contributed by atoms with van der Waals surface area (Å²) >= 11 is 0. The second-order valence-corrected chi connectivity index (χ2v) is 7.05. The Morgan fingerprint density at radius 3 is 2.44 bits per heavy atom. The summed E-state index contributed by atoms with van der Waals surface area (Å²) in [6, 6.07) is 12.0. The maximum atomic E-state index is 12.7. The van der Waals surface area contributed by atoms with Gasteiger partial charge in [-0.25, -0.2) is 9.97 Å². The van der Waals surface area contributed by atoms with Crippen LogP contribution in [0.2, 0.25) is 0 Å². The number of benzene rings is 1. The smallest absolute Gasteiger partial charge is 0.272 e. The molecule has 1 aromatic heterocycles. The van der Waals surface area contributed by atoms with E-state index in [0.717, 1.165) is 25.0 Å². The maximum absolute atomic E-state index is 12.7. The number of carbonyl (C=O) groups excluding carboxylic acids is 1. The normalized spacial score (nSPS) is 16.7. The van der Waals surface area contributed by atoms with E-state index in [0.29, 0.717) is 24.6 Å². The molecule has 1 aliphatic heterocycles. The molecule has 1 aliphatic rings. The molecular formula is C20H25N3O2. The van der Waals surface area contributed by atoms with Crippen molar-refractivity contribution in [3.63, 3.8) is 0 Å². The molecule has 1 N–H and O–H groups in total. The number of piperidine rings is 1. The van der Waals surface area contributed by atoms with Crippen LogP contribution in [0.3, 0.4) is 0 Å². The van der Waals surface area contributed by atoms with E-state index in [9.17, 15) is 9.90 Å². The highest BCUT2D eigenvalue weighted by Crippen LogP contribution is 2.35. The molecule has 0 bridgehead atoms. The molecular weight excluding hydrogens is 314 g/mol. The molecule has 0 saturated carbocycles. The summed E-state index contributed by atoms with van der Waals surface area (Å²) in [7, 11) is 0. The van der Waals surface area contributed by atoms with Gasteiger partial charge in [0.1, 0.15) is 11.5 Å². The van der Waals surface area contributed by atoms with Crippen molar-refractivity contribution in [2.45, 2.75) is 33.1 Å². The van der Waals surface area contributed by atoms with Crippen molar-refractivity contribution >= 4 is 5.91 Å². The average Bonchev–Trinajstić information content (AvgIpc) is 2.62. The average molecular weight is 339 g/mol. The summed E-state index contributed by atoms with van der Waals surface area (Å²) in [5, 5.41) is 9.99. The minimum atomic E-state index is -0.143. The standard InChI is InChI=1S/C20H25N3O2/c1-15-12-18(22-16(2)21-15)19(25)23-10-8-20(14-24,9-11-23)13-17-6-4-3-5-7-17/h3-7,12,24H,8-11,13-14H2,1-2H3. The quantitative estimate of drug-likeness (QED) is 0.930. The van der Waals surface area contributed by atoms with Gasteiger partial charge in [0.15, 0.2) is 0 Å². The zero-order chi connectivity index (χ0) is 17.9. The number of aromatic nitrogens is 2.